The van der Waals surface area contributed by atoms with E-state index in [-0.39, 0.29) is 17.8 Å². The number of fused-ring (bicyclic) bond motifs is 3. The number of para-hydroxylation sites is 1. The van der Waals surface area contributed by atoms with Gasteiger partial charge in [-0.15, -0.1) is 0 Å². The van der Waals surface area contributed by atoms with Crippen LogP contribution in [0.15, 0.2) is 42.5 Å². The SMILES string of the molecule is FC(F)(F)c1cc(N2[B]N3c4ccccc4C[C@H]3C2)cc(C(F)(F)F)c1. The van der Waals surface area contributed by atoms with Crippen molar-refractivity contribution in [3.05, 3.63) is 59.2 Å². The largest absolute Gasteiger partial charge is 0.416 e. The third kappa shape index (κ3) is 2.89. The molecule has 0 bridgehead atoms. The first kappa shape index (κ1) is 17.1. The lowest BCUT2D eigenvalue weighted by atomic mass is 10.0. The highest BCUT2D eigenvalue weighted by Crippen LogP contribution is 2.41. The molecule has 0 unspecified atom stereocenters. The zero-order chi connectivity index (χ0) is 18.7. The molecular weight excluding hydrogens is 357 g/mol. The molecule has 1 fully saturated rings. The number of benzene rings is 2. The molecule has 2 heterocycles. The minimum absolute atomic E-state index is 0.00344. The number of hydrogen-bond donors (Lipinski definition) is 0. The molecule has 4 rings (SSSR count). The van der Waals surface area contributed by atoms with Gasteiger partial charge >= 0.3 is 19.9 Å². The van der Waals surface area contributed by atoms with Gasteiger partial charge < -0.3 is 9.62 Å². The van der Waals surface area contributed by atoms with E-state index in [1.807, 2.05) is 29.1 Å². The van der Waals surface area contributed by atoms with E-state index in [1.54, 1.807) is 7.55 Å². The van der Waals surface area contributed by atoms with Gasteiger partial charge in [-0.3, -0.25) is 0 Å². The zero-order valence-corrected chi connectivity index (χ0v) is 13.3. The highest BCUT2D eigenvalue weighted by atomic mass is 19.4. The van der Waals surface area contributed by atoms with Crippen LogP contribution in [0, 0.1) is 0 Å². The molecule has 9 heteroatoms. The van der Waals surface area contributed by atoms with Gasteiger partial charge in [0.1, 0.15) is 0 Å². The Labute approximate surface area is 146 Å². The molecule has 0 saturated carbocycles. The minimum Gasteiger partial charge on any atom is -0.397 e. The number of hydrogen-bond acceptors (Lipinski definition) is 2. The fourth-order valence-electron chi connectivity index (χ4n) is 3.49. The van der Waals surface area contributed by atoms with E-state index in [0.717, 1.165) is 23.4 Å². The third-order valence-corrected chi connectivity index (χ3v) is 4.69. The maximum Gasteiger partial charge on any atom is 0.416 e. The van der Waals surface area contributed by atoms with Crippen molar-refractivity contribution in [1.82, 2.24) is 0 Å². The van der Waals surface area contributed by atoms with Crippen molar-refractivity contribution < 1.29 is 26.3 Å². The van der Waals surface area contributed by atoms with Gasteiger partial charge in [-0.2, -0.15) is 26.3 Å². The van der Waals surface area contributed by atoms with Crippen LogP contribution in [0.5, 0.6) is 0 Å². The van der Waals surface area contributed by atoms with Crippen LogP contribution in [-0.4, -0.2) is 20.1 Å². The lowest BCUT2D eigenvalue weighted by molar-refractivity contribution is -0.143. The van der Waals surface area contributed by atoms with Gasteiger partial charge in [-0.25, -0.2) is 0 Å². The maximum absolute atomic E-state index is 13.0. The first-order valence-corrected chi connectivity index (χ1v) is 7.90. The monoisotopic (exact) mass is 369 g/mol. The normalized spacial score (nSPS) is 19.4. The Morgan fingerprint density at radius 1 is 0.885 bits per heavy atom. The summed E-state index contributed by atoms with van der Waals surface area (Å²) in [7, 11) is 1.59. The van der Waals surface area contributed by atoms with Crippen molar-refractivity contribution in [3.63, 3.8) is 0 Å². The predicted octanol–water partition coefficient (Wildman–Crippen LogP) is 4.51. The molecule has 0 aromatic heterocycles. The molecule has 2 nitrogen and oxygen atoms in total. The smallest absolute Gasteiger partial charge is 0.397 e. The lowest BCUT2D eigenvalue weighted by Crippen LogP contribution is -2.30. The van der Waals surface area contributed by atoms with Crippen LogP contribution in [0.4, 0.5) is 37.7 Å². The summed E-state index contributed by atoms with van der Waals surface area (Å²) >= 11 is 0. The third-order valence-electron chi connectivity index (χ3n) is 4.69. The fraction of sp³-hybridized carbons (Fsp3) is 0.294. The molecule has 2 aromatic rings. The van der Waals surface area contributed by atoms with E-state index in [2.05, 4.69) is 0 Å². The Hall–Kier alpha value is -2.32. The van der Waals surface area contributed by atoms with E-state index in [0.29, 0.717) is 13.0 Å². The first-order chi connectivity index (χ1) is 12.1. The van der Waals surface area contributed by atoms with Crippen molar-refractivity contribution in [2.45, 2.75) is 24.8 Å². The van der Waals surface area contributed by atoms with Crippen molar-refractivity contribution in [3.8, 4) is 0 Å². The Morgan fingerprint density at radius 2 is 1.50 bits per heavy atom. The molecule has 2 aliphatic rings. The van der Waals surface area contributed by atoms with Crippen LogP contribution in [0.25, 0.3) is 0 Å². The van der Waals surface area contributed by atoms with Gasteiger partial charge in [0.2, 0.25) is 0 Å². The summed E-state index contributed by atoms with van der Waals surface area (Å²) in [5, 5.41) is 0. The Balaban J connectivity index is 1.69. The van der Waals surface area contributed by atoms with E-state index < -0.39 is 23.5 Å². The molecule has 1 radical (unpaired) electrons. The number of alkyl halides is 6. The molecule has 0 aliphatic carbocycles. The van der Waals surface area contributed by atoms with Crippen molar-refractivity contribution in [2.75, 3.05) is 16.2 Å². The van der Waals surface area contributed by atoms with Gasteiger partial charge in [-0.1, -0.05) is 18.2 Å². The number of halogens is 6. The van der Waals surface area contributed by atoms with E-state index in [9.17, 15) is 26.3 Å². The average molecular weight is 369 g/mol. The number of rotatable bonds is 1. The average Bonchev–Trinajstić information content (AvgIpc) is 3.10. The van der Waals surface area contributed by atoms with Gasteiger partial charge in [0.05, 0.1) is 11.1 Å². The Bertz CT molecular complexity index is 816. The zero-order valence-electron chi connectivity index (χ0n) is 13.3. The van der Waals surface area contributed by atoms with Crippen molar-refractivity contribution >= 4 is 18.9 Å². The molecule has 1 atom stereocenters. The highest BCUT2D eigenvalue weighted by molar-refractivity contribution is 6.49. The van der Waals surface area contributed by atoms with Crippen LogP contribution >= 0.6 is 0 Å². The molecule has 0 spiro atoms. The van der Waals surface area contributed by atoms with Gasteiger partial charge in [0, 0.05) is 24.0 Å². The van der Waals surface area contributed by atoms with E-state index in [1.165, 1.54) is 4.81 Å². The molecule has 2 aliphatic heterocycles. The summed E-state index contributed by atoms with van der Waals surface area (Å²) < 4.78 is 78.3. The van der Waals surface area contributed by atoms with E-state index in [4.69, 9.17) is 0 Å². The highest BCUT2D eigenvalue weighted by Gasteiger charge is 2.41. The molecule has 1 saturated heterocycles. The molecular formula is C17H12BF6N2. The molecule has 2 aromatic carbocycles. The van der Waals surface area contributed by atoms with Crippen LogP contribution < -0.4 is 9.62 Å². The Morgan fingerprint density at radius 3 is 2.12 bits per heavy atom. The summed E-state index contributed by atoms with van der Waals surface area (Å²) in [6.45, 7) is 0.327. The summed E-state index contributed by atoms with van der Waals surface area (Å²) in [5.41, 5.74) is -0.665. The molecule has 26 heavy (non-hydrogen) atoms. The topological polar surface area (TPSA) is 6.48 Å². The van der Waals surface area contributed by atoms with Crippen LogP contribution in [0.1, 0.15) is 16.7 Å². The van der Waals surface area contributed by atoms with Gasteiger partial charge in [-0.05, 0) is 36.2 Å². The lowest BCUT2D eigenvalue weighted by Gasteiger charge is -2.22. The number of nitrogens with zero attached hydrogens (tertiary/aromatic N) is 2. The Kier molecular flexibility index (Phi) is 3.68. The minimum atomic E-state index is -4.85. The van der Waals surface area contributed by atoms with Gasteiger partial charge in [0.25, 0.3) is 0 Å². The summed E-state index contributed by atoms with van der Waals surface area (Å²) in [6, 6.07) is 9.29. The standard InChI is InChI=1S/C17H12BF6N2/c19-16(20,21)11-6-12(17(22,23)24)8-13(7-11)25-9-14-5-10-3-1-2-4-15(10)26(14)18-25/h1-4,6-8,14H,5,9H2/t14-/m0/s1. The first-order valence-electron chi connectivity index (χ1n) is 7.90. The van der Waals surface area contributed by atoms with Crippen molar-refractivity contribution in [2.24, 2.45) is 0 Å². The maximum atomic E-state index is 13.0. The van der Waals surface area contributed by atoms with Crippen LogP contribution in [0.2, 0.25) is 0 Å². The van der Waals surface area contributed by atoms with E-state index >= 15 is 0 Å². The predicted molar refractivity (Wildman–Crippen MR) is 86.0 cm³/mol. The molecule has 0 amide bonds. The molecule has 0 N–H and O–H groups in total. The quantitative estimate of drug-likeness (QED) is 0.539. The second kappa shape index (κ2) is 5.59. The second-order valence-corrected chi connectivity index (χ2v) is 6.43. The second-order valence-electron chi connectivity index (χ2n) is 6.43. The number of anilines is 2. The van der Waals surface area contributed by atoms with Gasteiger partial charge in [0.15, 0.2) is 0 Å². The summed E-state index contributed by atoms with van der Waals surface area (Å²) in [5.74, 6) is 0. The summed E-state index contributed by atoms with van der Waals surface area (Å²) in [6.07, 6.45) is -8.99. The summed E-state index contributed by atoms with van der Waals surface area (Å²) in [4.78, 5) is 3.36. The molecule has 135 valence electrons. The van der Waals surface area contributed by atoms with Crippen LogP contribution in [0.3, 0.4) is 0 Å². The van der Waals surface area contributed by atoms with Crippen LogP contribution in [-0.2, 0) is 18.8 Å². The van der Waals surface area contributed by atoms with Crippen molar-refractivity contribution in [1.29, 1.82) is 0 Å². The fourth-order valence-corrected chi connectivity index (χ4v) is 3.49.